The molecule has 1 aromatic carbocycles. The summed E-state index contributed by atoms with van der Waals surface area (Å²) in [4.78, 5) is 23.8. The number of carboxylic acids is 1. The Morgan fingerprint density at radius 3 is 2.69 bits per heavy atom. The molecule has 1 heterocycles. The number of allylic oxidation sites excluding steroid dienone is 5. The maximum atomic E-state index is 12.6. The summed E-state index contributed by atoms with van der Waals surface area (Å²) in [5.41, 5.74) is 3.88. The van der Waals surface area contributed by atoms with Crippen molar-refractivity contribution in [3.63, 3.8) is 0 Å². The summed E-state index contributed by atoms with van der Waals surface area (Å²) in [7, 11) is 0. The molecule has 0 saturated heterocycles. The number of rotatable bonds is 9. The van der Waals surface area contributed by atoms with E-state index >= 15 is 0 Å². The highest BCUT2D eigenvalue weighted by Gasteiger charge is 2.22. The fraction of sp³-hybridized carbons (Fsp3) is 0.467. The molecule has 196 valence electrons. The van der Waals surface area contributed by atoms with Crippen molar-refractivity contribution in [2.24, 2.45) is 0 Å². The van der Waals surface area contributed by atoms with E-state index in [9.17, 15) is 24.9 Å². The van der Waals surface area contributed by atoms with Gasteiger partial charge in [0, 0.05) is 18.9 Å². The summed E-state index contributed by atoms with van der Waals surface area (Å²) in [5.74, 6) is -1.66. The first-order valence-electron chi connectivity index (χ1n) is 12.7. The van der Waals surface area contributed by atoms with Gasteiger partial charge in [0.1, 0.15) is 6.10 Å². The van der Waals surface area contributed by atoms with Gasteiger partial charge in [-0.3, -0.25) is 4.79 Å². The summed E-state index contributed by atoms with van der Waals surface area (Å²) in [6.07, 6.45) is 10.8. The third kappa shape index (κ3) is 12.7. The van der Waals surface area contributed by atoms with Gasteiger partial charge in [-0.2, -0.15) is 0 Å². The predicted octanol–water partition coefficient (Wildman–Crippen LogP) is 5.46. The van der Waals surface area contributed by atoms with Gasteiger partial charge in [-0.15, -0.1) is 0 Å². The Balaban J connectivity index is 2.03. The first kappa shape index (κ1) is 29.3. The highest BCUT2D eigenvalue weighted by atomic mass is 16.5. The molecule has 0 amide bonds. The molecule has 0 radical (unpaired) electrons. The quantitative estimate of drug-likeness (QED) is 0.310. The van der Waals surface area contributed by atoms with Crippen molar-refractivity contribution in [1.29, 1.82) is 0 Å². The molecule has 0 bridgehead atoms. The van der Waals surface area contributed by atoms with Crippen molar-refractivity contribution < 1.29 is 29.6 Å². The van der Waals surface area contributed by atoms with Crippen LogP contribution in [-0.2, 0) is 20.7 Å². The minimum atomic E-state index is -1.02. The van der Waals surface area contributed by atoms with Crippen LogP contribution in [0.4, 0.5) is 0 Å². The molecule has 1 aromatic rings. The molecule has 0 saturated carbocycles. The summed E-state index contributed by atoms with van der Waals surface area (Å²) in [5, 5.41) is 30.5. The van der Waals surface area contributed by atoms with E-state index < -0.39 is 30.3 Å². The SMILES string of the molecule is C/C(=C\Cc1ccccc1)CC[C@@H](O)C[C@@H]1C[C@H](O)C/C(C)=C/C/C=C/C/C(CC(=O)O)=C\C(=O)O1. The van der Waals surface area contributed by atoms with Crippen molar-refractivity contribution in [1.82, 2.24) is 0 Å². The third-order valence-electron chi connectivity index (χ3n) is 6.16. The minimum Gasteiger partial charge on any atom is -0.481 e. The fourth-order valence-electron chi connectivity index (χ4n) is 4.20. The first-order chi connectivity index (χ1) is 17.2. The van der Waals surface area contributed by atoms with E-state index in [1.165, 1.54) is 17.2 Å². The van der Waals surface area contributed by atoms with Crippen molar-refractivity contribution in [3.05, 3.63) is 83.0 Å². The highest BCUT2D eigenvalue weighted by Crippen LogP contribution is 2.20. The van der Waals surface area contributed by atoms with Crippen LogP contribution in [-0.4, -0.2) is 45.6 Å². The molecule has 1 aliphatic rings. The van der Waals surface area contributed by atoms with Crippen molar-refractivity contribution >= 4 is 11.9 Å². The molecule has 0 spiro atoms. The fourth-order valence-corrected chi connectivity index (χ4v) is 4.20. The van der Waals surface area contributed by atoms with Gasteiger partial charge in [-0.05, 0) is 63.5 Å². The number of aliphatic hydroxyl groups excluding tert-OH is 2. The normalized spacial score (nSPS) is 24.9. The number of ether oxygens (including phenoxy) is 1. The number of aliphatic hydroxyl groups is 2. The Bertz CT molecular complexity index is 957. The Hall–Kier alpha value is -2.96. The number of hydrogen-bond donors (Lipinski definition) is 3. The van der Waals surface area contributed by atoms with E-state index in [4.69, 9.17) is 4.74 Å². The molecule has 36 heavy (non-hydrogen) atoms. The van der Waals surface area contributed by atoms with Gasteiger partial charge in [0.05, 0.1) is 18.6 Å². The van der Waals surface area contributed by atoms with Crippen molar-refractivity contribution in [2.75, 3.05) is 0 Å². The molecule has 3 N–H and O–H groups in total. The topological polar surface area (TPSA) is 104 Å². The summed E-state index contributed by atoms with van der Waals surface area (Å²) < 4.78 is 5.61. The van der Waals surface area contributed by atoms with Crippen LogP contribution in [0.3, 0.4) is 0 Å². The van der Waals surface area contributed by atoms with Crippen LogP contribution in [0, 0.1) is 0 Å². The molecule has 6 nitrogen and oxygen atoms in total. The number of aliphatic carboxylic acids is 1. The lowest BCUT2D eigenvalue weighted by Gasteiger charge is -2.23. The molecule has 1 aliphatic heterocycles. The minimum absolute atomic E-state index is 0.203. The van der Waals surface area contributed by atoms with E-state index in [1.807, 2.05) is 50.3 Å². The number of hydrogen-bond acceptors (Lipinski definition) is 5. The molecular weight excluding hydrogens is 456 g/mol. The molecule has 0 unspecified atom stereocenters. The lowest BCUT2D eigenvalue weighted by Crippen LogP contribution is -2.28. The van der Waals surface area contributed by atoms with Gasteiger partial charge < -0.3 is 20.1 Å². The van der Waals surface area contributed by atoms with E-state index in [0.717, 1.165) is 12.0 Å². The molecule has 3 atom stereocenters. The zero-order chi connectivity index (χ0) is 26.3. The Kier molecular flexibility index (Phi) is 12.9. The van der Waals surface area contributed by atoms with Gasteiger partial charge in [0.2, 0.25) is 0 Å². The van der Waals surface area contributed by atoms with Crippen molar-refractivity contribution in [2.45, 2.75) is 89.9 Å². The standard InChI is InChI=1S/C30H40O6/c1-22(13-15-24-10-6-4-7-11-24)14-16-26(31)20-28-21-27(32)17-23(2)9-5-3-8-12-25(18-29(33)34)19-30(35)36-28/h3-4,6-11,13,19,26-28,31-32H,5,12,14-18,20-21H2,1-2H3,(H,33,34)/b8-3+,22-13+,23-9+,25-19+/t26-,27-,28-/m1/s1. The van der Waals surface area contributed by atoms with E-state index in [1.54, 1.807) is 0 Å². The van der Waals surface area contributed by atoms with Gasteiger partial charge in [0.25, 0.3) is 0 Å². The number of carboxylic acid groups (broad SMARTS) is 1. The predicted molar refractivity (Wildman–Crippen MR) is 141 cm³/mol. The molecule has 0 aliphatic carbocycles. The Morgan fingerprint density at radius 2 is 1.97 bits per heavy atom. The largest absolute Gasteiger partial charge is 0.481 e. The van der Waals surface area contributed by atoms with Gasteiger partial charge in [0.15, 0.2) is 0 Å². The van der Waals surface area contributed by atoms with Crippen LogP contribution in [0.2, 0.25) is 0 Å². The summed E-state index contributed by atoms with van der Waals surface area (Å²) >= 11 is 0. The number of esters is 1. The van der Waals surface area contributed by atoms with E-state index in [-0.39, 0.29) is 19.3 Å². The monoisotopic (exact) mass is 496 g/mol. The molecule has 0 aromatic heterocycles. The second-order valence-electron chi connectivity index (χ2n) is 9.66. The lowest BCUT2D eigenvalue weighted by molar-refractivity contribution is -0.146. The van der Waals surface area contributed by atoms with Crippen LogP contribution in [0.25, 0.3) is 0 Å². The number of carbonyl (C=O) groups is 2. The van der Waals surface area contributed by atoms with Crippen molar-refractivity contribution in [3.8, 4) is 0 Å². The average Bonchev–Trinajstić information content (AvgIpc) is 2.80. The van der Waals surface area contributed by atoms with Crippen LogP contribution in [0.5, 0.6) is 0 Å². The lowest BCUT2D eigenvalue weighted by atomic mass is 9.97. The first-order valence-corrected chi connectivity index (χ1v) is 12.7. The maximum absolute atomic E-state index is 12.6. The van der Waals surface area contributed by atoms with Gasteiger partial charge in [-0.25, -0.2) is 4.79 Å². The highest BCUT2D eigenvalue weighted by molar-refractivity contribution is 5.84. The molecular formula is C30H40O6. The third-order valence-corrected chi connectivity index (χ3v) is 6.16. The summed E-state index contributed by atoms with van der Waals surface area (Å²) in [6, 6.07) is 10.2. The number of benzene rings is 1. The summed E-state index contributed by atoms with van der Waals surface area (Å²) in [6.45, 7) is 3.98. The second kappa shape index (κ2) is 15.9. The Labute approximate surface area is 214 Å². The Morgan fingerprint density at radius 1 is 1.22 bits per heavy atom. The smallest absolute Gasteiger partial charge is 0.331 e. The number of cyclic esters (lactones) is 1. The van der Waals surface area contributed by atoms with E-state index in [2.05, 4.69) is 18.2 Å². The molecule has 0 fully saturated rings. The zero-order valence-corrected chi connectivity index (χ0v) is 21.4. The van der Waals surface area contributed by atoms with Crippen LogP contribution < -0.4 is 0 Å². The van der Waals surface area contributed by atoms with E-state index in [0.29, 0.717) is 37.7 Å². The molecule has 6 heteroatoms. The molecule has 2 rings (SSSR count). The van der Waals surface area contributed by atoms with Crippen LogP contribution in [0.15, 0.2) is 77.4 Å². The second-order valence-corrected chi connectivity index (χ2v) is 9.66. The zero-order valence-electron chi connectivity index (χ0n) is 21.4. The van der Waals surface area contributed by atoms with Gasteiger partial charge in [-0.1, -0.05) is 65.8 Å². The maximum Gasteiger partial charge on any atom is 0.331 e. The van der Waals surface area contributed by atoms with Crippen LogP contribution in [0.1, 0.15) is 70.8 Å². The average molecular weight is 497 g/mol. The van der Waals surface area contributed by atoms with Gasteiger partial charge >= 0.3 is 11.9 Å². The van der Waals surface area contributed by atoms with Crippen LogP contribution >= 0.6 is 0 Å². The number of carbonyl (C=O) groups excluding carboxylic acids is 1.